The molecule has 0 aliphatic carbocycles. The van der Waals surface area contributed by atoms with Crippen LogP contribution in [0, 0.1) is 5.92 Å². The van der Waals surface area contributed by atoms with E-state index in [2.05, 4.69) is 62.3 Å². The second-order valence-electron chi connectivity index (χ2n) is 7.29. The van der Waals surface area contributed by atoms with Crippen LogP contribution >= 0.6 is 0 Å². The van der Waals surface area contributed by atoms with Gasteiger partial charge in [-0.1, -0.05) is 34.6 Å². The highest BCUT2D eigenvalue weighted by Gasteiger charge is 2.60. The van der Waals surface area contributed by atoms with Gasteiger partial charge < -0.3 is 17.7 Å². The topological polar surface area (TPSA) is 36.9 Å². The molecule has 0 bridgehead atoms. The summed E-state index contributed by atoms with van der Waals surface area (Å²) in [6.45, 7) is 22.4. The first kappa shape index (κ1) is 24.3. The Bertz CT molecular complexity index is 312. The first-order chi connectivity index (χ1) is 11.3. The van der Waals surface area contributed by atoms with Crippen molar-refractivity contribution in [1.82, 2.24) is 0 Å². The first-order valence-corrected chi connectivity index (χ1v) is 13.3. The zero-order valence-electron chi connectivity index (χ0n) is 17.6. The Morgan fingerprint density at radius 3 is 1.58 bits per heavy atom. The van der Waals surface area contributed by atoms with Gasteiger partial charge >= 0.3 is 17.8 Å². The van der Waals surface area contributed by atoms with Crippen LogP contribution in [0.4, 0.5) is 0 Å². The number of rotatable bonds is 14. The van der Waals surface area contributed by atoms with Crippen LogP contribution in [0.25, 0.3) is 0 Å². The molecule has 0 N–H and O–H groups in total. The van der Waals surface area contributed by atoms with Crippen molar-refractivity contribution in [3.63, 3.8) is 0 Å². The second kappa shape index (κ2) is 11.8. The predicted molar refractivity (Wildman–Crippen MR) is 107 cm³/mol. The van der Waals surface area contributed by atoms with Gasteiger partial charge in [0.15, 0.2) is 0 Å². The zero-order chi connectivity index (χ0) is 18.8. The van der Waals surface area contributed by atoms with Crippen LogP contribution in [-0.2, 0) is 17.7 Å². The van der Waals surface area contributed by atoms with Gasteiger partial charge in [0, 0.05) is 36.6 Å². The van der Waals surface area contributed by atoms with Crippen LogP contribution in [0.3, 0.4) is 0 Å². The van der Waals surface area contributed by atoms with E-state index in [1.54, 1.807) is 0 Å². The molecule has 0 spiro atoms. The average molecular weight is 379 g/mol. The summed E-state index contributed by atoms with van der Waals surface area (Å²) >= 11 is 0. The van der Waals surface area contributed by atoms with E-state index >= 15 is 0 Å². The lowest BCUT2D eigenvalue weighted by Gasteiger charge is -2.48. The number of hydrogen-bond donors (Lipinski definition) is 0. The van der Waals surface area contributed by atoms with E-state index in [1.165, 1.54) is 0 Å². The van der Waals surface area contributed by atoms with Gasteiger partial charge in [-0.15, -0.1) is 0 Å². The third-order valence-electron chi connectivity index (χ3n) is 4.75. The SMILES string of the molecule is CCO[SiH](OCC)C(CC(C)C)[Si](OCC)(OCC)C(C)(C)CC. The van der Waals surface area contributed by atoms with Gasteiger partial charge in [-0.3, -0.25) is 0 Å². The smallest absolute Gasteiger partial charge is 0.348 e. The summed E-state index contributed by atoms with van der Waals surface area (Å²) in [5.41, 5.74) is 0. The molecule has 6 heteroatoms. The minimum Gasteiger partial charge on any atom is -0.397 e. The predicted octanol–water partition coefficient (Wildman–Crippen LogP) is 4.94. The molecule has 0 aromatic heterocycles. The quantitative estimate of drug-likeness (QED) is 0.401. The zero-order valence-corrected chi connectivity index (χ0v) is 19.8. The first-order valence-electron chi connectivity index (χ1n) is 9.77. The van der Waals surface area contributed by atoms with Crippen molar-refractivity contribution >= 4 is 17.8 Å². The van der Waals surface area contributed by atoms with Gasteiger partial charge in [-0.25, -0.2) is 0 Å². The molecule has 0 aromatic rings. The van der Waals surface area contributed by atoms with Gasteiger partial charge in [0.1, 0.15) is 0 Å². The lowest BCUT2D eigenvalue weighted by Crippen LogP contribution is -2.60. The fourth-order valence-corrected chi connectivity index (χ4v) is 13.7. The van der Waals surface area contributed by atoms with E-state index in [0.717, 1.165) is 12.8 Å². The van der Waals surface area contributed by atoms with Crippen LogP contribution in [0.2, 0.25) is 10.2 Å². The van der Waals surface area contributed by atoms with Crippen molar-refractivity contribution in [3.05, 3.63) is 0 Å². The van der Waals surface area contributed by atoms with E-state index < -0.39 is 17.8 Å². The third kappa shape index (κ3) is 6.21. The van der Waals surface area contributed by atoms with E-state index in [0.29, 0.717) is 32.3 Å². The molecule has 0 heterocycles. The van der Waals surface area contributed by atoms with Crippen LogP contribution in [0.1, 0.15) is 75.2 Å². The van der Waals surface area contributed by atoms with Crippen molar-refractivity contribution in [2.75, 3.05) is 26.4 Å². The molecule has 0 radical (unpaired) electrons. The van der Waals surface area contributed by atoms with Gasteiger partial charge in [0.25, 0.3) is 0 Å². The molecule has 4 nitrogen and oxygen atoms in total. The molecule has 0 rings (SSSR count). The molecule has 24 heavy (non-hydrogen) atoms. The van der Waals surface area contributed by atoms with Crippen LogP contribution in [0.5, 0.6) is 0 Å². The Morgan fingerprint density at radius 1 is 0.833 bits per heavy atom. The second-order valence-corrected chi connectivity index (χ2v) is 14.2. The highest BCUT2D eigenvalue weighted by atomic mass is 28.4. The third-order valence-corrected chi connectivity index (χ3v) is 14.0. The molecule has 0 fully saturated rings. The Kier molecular flexibility index (Phi) is 11.9. The molecule has 0 aromatic carbocycles. The fourth-order valence-electron chi connectivity index (χ4n) is 3.39. The van der Waals surface area contributed by atoms with E-state index in [1.807, 2.05) is 0 Å². The molecular formula is C18H42O4Si2. The maximum atomic E-state index is 6.55. The summed E-state index contributed by atoms with van der Waals surface area (Å²) in [6, 6.07) is 0. The number of hydrogen-bond acceptors (Lipinski definition) is 4. The highest BCUT2D eigenvalue weighted by molar-refractivity contribution is 6.82. The molecule has 0 saturated carbocycles. The van der Waals surface area contributed by atoms with Gasteiger partial charge in [0.05, 0.1) is 0 Å². The van der Waals surface area contributed by atoms with Crippen LogP contribution in [-0.4, -0.2) is 44.3 Å². The largest absolute Gasteiger partial charge is 0.397 e. The van der Waals surface area contributed by atoms with Crippen molar-refractivity contribution in [2.45, 2.75) is 85.4 Å². The van der Waals surface area contributed by atoms with Crippen LogP contribution < -0.4 is 0 Å². The summed E-state index contributed by atoms with van der Waals surface area (Å²) in [5.74, 6) is 0.561. The lowest BCUT2D eigenvalue weighted by molar-refractivity contribution is 0.136. The molecule has 0 aliphatic heterocycles. The van der Waals surface area contributed by atoms with Crippen molar-refractivity contribution in [3.8, 4) is 0 Å². The van der Waals surface area contributed by atoms with E-state index in [4.69, 9.17) is 17.7 Å². The Labute approximate surface area is 153 Å². The van der Waals surface area contributed by atoms with Crippen molar-refractivity contribution in [2.24, 2.45) is 5.92 Å². The molecule has 0 saturated heterocycles. The standard InChI is InChI=1S/C18H42O4Si2/c1-10-18(8,9)24(21-13-4,22-14-5)17(15-16(6)7)23(19-11-2)20-12-3/h16-17,23H,10-15H2,1-9H3. The molecule has 0 aliphatic rings. The summed E-state index contributed by atoms with van der Waals surface area (Å²) in [7, 11) is -4.44. The van der Waals surface area contributed by atoms with E-state index in [-0.39, 0.29) is 10.2 Å². The van der Waals surface area contributed by atoms with Gasteiger partial charge in [0.2, 0.25) is 0 Å². The van der Waals surface area contributed by atoms with Gasteiger partial charge in [-0.05, 0) is 46.5 Å². The minimum absolute atomic E-state index is 0.0119. The lowest BCUT2D eigenvalue weighted by atomic mass is 10.1. The summed E-state index contributed by atoms with van der Waals surface area (Å²) in [6.07, 6.45) is 2.08. The Morgan fingerprint density at radius 2 is 1.29 bits per heavy atom. The Hall–Kier alpha value is 0.274. The maximum Gasteiger partial charge on any atom is 0.348 e. The Balaban J connectivity index is 6.10. The highest BCUT2D eigenvalue weighted by Crippen LogP contribution is 2.51. The van der Waals surface area contributed by atoms with E-state index in [9.17, 15) is 0 Å². The van der Waals surface area contributed by atoms with Crippen molar-refractivity contribution in [1.29, 1.82) is 0 Å². The monoisotopic (exact) mass is 378 g/mol. The molecule has 1 unspecified atom stereocenters. The summed E-state index contributed by atoms with van der Waals surface area (Å²) < 4.78 is 25.5. The minimum atomic E-state index is -2.54. The van der Waals surface area contributed by atoms with Crippen LogP contribution in [0.15, 0.2) is 0 Å². The molecule has 146 valence electrons. The average Bonchev–Trinajstić information content (AvgIpc) is 2.52. The fraction of sp³-hybridized carbons (Fsp3) is 1.00. The molecule has 1 atom stereocenters. The summed E-state index contributed by atoms with van der Waals surface area (Å²) in [4.78, 5) is 0. The molecule has 0 amide bonds. The maximum absolute atomic E-state index is 6.55. The van der Waals surface area contributed by atoms with Gasteiger partial charge in [-0.2, -0.15) is 0 Å². The summed E-state index contributed by atoms with van der Waals surface area (Å²) in [5, 5.41) is 0.296. The normalized spacial score (nSPS) is 14.6. The molecular weight excluding hydrogens is 336 g/mol. The van der Waals surface area contributed by atoms with Crippen molar-refractivity contribution < 1.29 is 17.7 Å².